The van der Waals surface area contributed by atoms with Gasteiger partial charge in [-0.3, -0.25) is 4.79 Å². The second-order valence-corrected chi connectivity index (χ2v) is 3.95. The van der Waals surface area contributed by atoms with E-state index in [1.807, 2.05) is 0 Å². The highest BCUT2D eigenvalue weighted by Gasteiger charge is 2.05. The van der Waals surface area contributed by atoms with E-state index in [4.69, 9.17) is 22.1 Å². The number of carbonyl (C=O) groups is 1. The molecule has 3 N–H and O–H groups in total. The third-order valence-corrected chi connectivity index (χ3v) is 2.33. The van der Waals surface area contributed by atoms with Crippen molar-refractivity contribution >= 4 is 29.0 Å². The van der Waals surface area contributed by atoms with Gasteiger partial charge < -0.3 is 15.8 Å². The average molecular weight is 279 g/mol. The number of nitrogen functional groups attached to an aromatic ring is 1. The summed E-state index contributed by atoms with van der Waals surface area (Å²) >= 11 is 5.60. The molecular formula is C12H11ClN4O2. The number of benzene rings is 1. The van der Waals surface area contributed by atoms with Crippen LogP contribution in [-0.2, 0) is 4.79 Å². The standard InChI is InChI=1S/C12H11ClN4O2/c13-12-15-6-5-10(17-12)16-11(18)7-19-9-3-1-8(14)2-4-9/h1-6H,7,14H2,(H,15,16,17,18). The van der Waals surface area contributed by atoms with Gasteiger partial charge in [0.2, 0.25) is 5.28 Å². The van der Waals surface area contributed by atoms with Gasteiger partial charge in [0.05, 0.1) is 0 Å². The highest BCUT2D eigenvalue weighted by molar-refractivity contribution is 6.28. The fraction of sp³-hybridized carbons (Fsp3) is 0.0833. The molecule has 0 saturated carbocycles. The first-order valence-corrected chi connectivity index (χ1v) is 5.78. The number of hydrogen-bond donors (Lipinski definition) is 2. The predicted molar refractivity (Wildman–Crippen MR) is 72.0 cm³/mol. The molecular weight excluding hydrogens is 268 g/mol. The Morgan fingerprint density at radius 3 is 2.74 bits per heavy atom. The van der Waals surface area contributed by atoms with Crippen LogP contribution < -0.4 is 15.8 Å². The molecule has 6 nitrogen and oxygen atoms in total. The van der Waals surface area contributed by atoms with E-state index in [1.165, 1.54) is 12.3 Å². The zero-order chi connectivity index (χ0) is 13.7. The molecule has 1 aromatic carbocycles. The first-order valence-electron chi connectivity index (χ1n) is 5.40. The lowest BCUT2D eigenvalue weighted by Crippen LogP contribution is -2.20. The summed E-state index contributed by atoms with van der Waals surface area (Å²) in [6.45, 7) is -0.133. The SMILES string of the molecule is Nc1ccc(OCC(=O)Nc2ccnc(Cl)n2)cc1. The van der Waals surface area contributed by atoms with Gasteiger partial charge in [0.15, 0.2) is 6.61 Å². The van der Waals surface area contributed by atoms with Gasteiger partial charge in [-0.25, -0.2) is 9.97 Å². The molecule has 0 aliphatic carbocycles. The normalized spacial score (nSPS) is 9.95. The Kier molecular flexibility index (Phi) is 4.15. The summed E-state index contributed by atoms with van der Waals surface area (Å²) in [4.78, 5) is 19.1. The molecule has 98 valence electrons. The molecule has 1 amide bonds. The summed E-state index contributed by atoms with van der Waals surface area (Å²) in [7, 11) is 0. The maximum atomic E-state index is 11.6. The number of aromatic nitrogens is 2. The maximum Gasteiger partial charge on any atom is 0.263 e. The number of rotatable bonds is 4. The Morgan fingerprint density at radius 1 is 1.32 bits per heavy atom. The highest BCUT2D eigenvalue weighted by Crippen LogP contribution is 2.13. The Hall–Kier alpha value is -2.34. The summed E-state index contributed by atoms with van der Waals surface area (Å²) in [6, 6.07) is 8.29. The van der Waals surface area contributed by atoms with Gasteiger partial charge >= 0.3 is 0 Å². The zero-order valence-corrected chi connectivity index (χ0v) is 10.6. The highest BCUT2D eigenvalue weighted by atomic mass is 35.5. The van der Waals surface area contributed by atoms with Crippen molar-refractivity contribution in [3.63, 3.8) is 0 Å². The lowest BCUT2D eigenvalue weighted by atomic mass is 10.3. The molecule has 0 saturated heterocycles. The molecule has 7 heteroatoms. The molecule has 1 heterocycles. The van der Waals surface area contributed by atoms with E-state index in [1.54, 1.807) is 24.3 Å². The molecule has 19 heavy (non-hydrogen) atoms. The van der Waals surface area contributed by atoms with Crippen LogP contribution in [0.2, 0.25) is 5.28 Å². The quantitative estimate of drug-likeness (QED) is 0.656. The fourth-order valence-electron chi connectivity index (χ4n) is 1.30. The number of hydrogen-bond acceptors (Lipinski definition) is 5. The molecule has 0 fully saturated rings. The molecule has 1 aromatic heterocycles. The van der Waals surface area contributed by atoms with Gasteiger partial charge in [-0.15, -0.1) is 0 Å². The first kappa shape index (κ1) is 13.1. The molecule has 0 aliphatic rings. The summed E-state index contributed by atoms with van der Waals surface area (Å²) in [6.07, 6.45) is 1.45. The van der Waals surface area contributed by atoms with E-state index in [2.05, 4.69) is 15.3 Å². The molecule has 0 unspecified atom stereocenters. The second-order valence-electron chi connectivity index (χ2n) is 3.62. The topological polar surface area (TPSA) is 90.1 Å². The minimum absolute atomic E-state index is 0.0669. The van der Waals surface area contributed by atoms with Gasteiger partial charge in [-0.1, -0.05) is 0 Å². The van der Waals surface area contributed by atoms with E-state index in [-0.39, 0.29) is 17.8 Å². The number of anilines is 2. The number of nitrogens with one attached hydrogen (secondary N) is 1. The van der Waals surface area contributed by atoms with Gasteiger partial charge in [0, 0.05) is 11.9 Å². The van der Waals surface area contributed by atoms with Crippen LogP contribution in [0, 0.1) is 0 Å². The van der Waals surface area contributed by atoms with Crippen LogP contribution in [0.5, 0.6) is 5.75 Å². The Bertz CT molecular complexity index is 574. The lowest BCUT2D eigenvalue weighted by Gasteiger charge is -2.07. The average Bonchev–Trinajstić information content (AvgIpc) is 2.38. The first-order chi connectivity index (χ1) is 9.13. The van der Waals surface area contributed by atoms with Gasteiger partial charge in [-0.2, -0.15) is 0 Å². The van der Waals surface area contributed by atoms with Crippen molar-refractivity contribution in [3.05, 3.63) is 41.8 Å². The lowest BCUT2D eigenvalue weighted by molar-refractivity contribution is -0.118. The Balaban J connectivity index is 1.86. The summed E-state index contributed by atoms with van der Waals surface area (Å²) < 4.78 is 5.28. The number of ether oxygens (including phenoxy) is 1. The van der Waals surface area contributed by atoms with Crippen LogP contribution in [0.25, 0.3) is 0 Å². The van der Waals surface area contributed by atoms with Crippen molar-refractivity contribution in [2.45, 2.75) is 0 Å². The van der Waals surface area contributed by atoms with Crippen LogP contribution in [0.1, 0.15) is 0 Å². The van der Waals surface area contributed by atoms with Crippen molar-refractivity contribution in [3.8, 4) is 5.75 Å². The molecule has 2 aromatic rings. The Morgan fingerprint density at radius 2 is 2.05 bits per heavy atom. The van der Waals surface area contributed by atoms with Crippen LogP contribution in [0.15, 0.2) is 36.5 Å². The van der Waals surface area contributed by atoms with Crippen molar-refractivity contribution in [2.24, 2.45) is 0 Å². The van der Waals surface area contributed by atoms with E-state index >= 15 is 0 Å². The van der Waals surface area contributed by atoms with Crippen LogP contribution >= 0.6 is 11.6 Å². The number of nitrogens with two attached hydrogens (primary N) is 1. The Labute approximate surface area is 114 Å². The monoisotopic (exact) mass is 278 g/mol. The fourth-order valence-corrected chi connectivity index (χ4v) is 1.44. The smallest absolute Gasteiger partial charge is 0.263 e. The molecule has 2 rings (SSSR count). The number of nitrogens with zero attached hydrogens (tertiary/aromatic N) is 2. The van der Waals surface area contributed by atoms with Crippen LogP contribution in [0.3, 0.4) is 0 Å². The van der Waals surface area contributed by atoms with Crippen LogP contribution in [0.4, 0.5) is 11.5 Å². The van der Waals surface area contributed by atoms with Crippen LogP contribution in [-0.4, -0.2) is 22.5 Å². The predicted octanol–water partition coefficient (Wildman–Crippen LogP) is 1.73. The van der Waals surface area contributed by atoms with E-state index < -0.39 is 0 Å². The molecule has 0 spiro atoms. The van der Waals surface area contributed by atoms with Gasteiger partial charge in [0.25, 0.3) is 5.91 Å². The van der Waals surface area contributed by atoms with Crippen molar-refractivity contribution in [2.75, 3.05) is 17.7 Å². The molecule has 0 atom stereocenters. The number of amides is 1. The van der Waals surface area contributed by atoms with Gasteiger partial charge in [0.1, 0.15) is 11.6 Å². The van der Waals surface area contributed by atoms with E-state index in [0.29, 0.717) is 17.3 Å². The summed E-state index contributed by atoms with van der Waals surface area (Å²) in [5, 5.41) is 2.61. The van der Waals surface area contributed by atoms with Crippen molar-refractivity contribution in [1.82, 2.24) is 9.97 Å². The third kappa shape index (κ3) is 4.11. The zero-order valence-electron chi connectivity index (χ0n) is 9.84. The third-order valence-electron chi connectivity index (χ3n) is 2.14. The molecule has 0 radical (unpaired) electrons. The number of carbonyl (C=O) groups excluding carboxylic acids is 1. The second kappa shape index (κ2) is 6.01. The largest absolute Gasteiger partial charge is 0.484 e. The minimum Gasteiger partial charge on any atom is -0.484 e. The summed E-state index contributed by atoms with van der Waals surface area (Å²) in [5.41, 5.74) is 6.17. The van der Waals surface area contributed by atoms with E-state index in [9.17, 15) is 4.79 Å². The van der Waals surface area contributed by atoms with Crippen molar-refractivity contribution in [1.29, 1.82) is 0 Å². The van der Waals surface area contributed by atoms with E-state index in [0.717, 1.165) is 0 Å². The number of halogens is 1. The van der Waals surface area contributed by atoms with Gasteiger partial charge in [-0.05, 0) is 41.9 Å². The molecule has 0 aliphatic heterocycles. The maximum absolute atomic E-state index is 11.6. The molecule has 0 bridgehead atoms. The minimum atomic E-state index is -0.341. The summed E-state index contributed by atoms with van der Waals surface area (Å²) in [5.74, 6) is 0.544. The van der Waals surface area contributed by atoms with Crippen molar-refractivity contribution < 1.29 is 9.53 Å².